The topological polar surface area (TPSA) is 73.4 Å². The van der Waals surface area contributed by atoms with Gasteiger partial charge in [0.25, 0.3) is 0 Å². The van der Waals surface area contributed by atoms with E-state index in [1.807, 2.05) is 39.9 Å². The van der Waals surface area contributed by atoms with E-state index < -0.39 is 0 Å². The molecule has 2 heterocycles. The first kappa shape index (κ1) is 13.6. The first-order chi connectivity index (χ1) is 10.2. The van der Waals surface area contributed by atoms with Crippen molar-refractivity contribution in [2.45, 2.75) is 6.54 Å². The maximum Gasteiger partial charge on any atom is 0.242 e. The molecule has 6 heteroatoms. The quantitative estimate of drug-likeness (QED) is 0.854. The Balaban J connectivity index is 1.78. The summed E-state index contributed by atoms with van der Waals surface area (Å²) in [6.07, 6.45) is 3.52. The highest BCUT2D eigenvalue weighted by Gasteiger charge is 2.18. The molecule has 1 aliphatic rings. The molecular formula is C15H18N4O2. The first-order valence-electron chi connectivity index (χ1n) is 6.96. The molecule has 0 unspecified atom stereocenters. The van der Waals surface area contributed by atoms with Gasteiger partial charge in [-0.1, -0.05) is 12.1 Å². The molecule has 1 aromatic carbocycles. The molecule has 1 fully saturated rings. The highest BCUT2D eigenvalue weighted by atomic mass is 16.5. The molecule has 1 aliphatic heterocycles. The van der Waals surface area contributed by atoms with Gasteiger partial charge in [-0.3, -0.25) is 4.79 Å². The highest BCUT2D eigenvalue weighted by molar-refractivity contribution is 5.77. The fourth-order valence-electron chi connectivity index (χ4n) is 2.43. The fourth-order valence-corrected chi connectivity index (χ4v) is 2.43. The van der Waals surface area contributed by atoms with Gasteiger partial charge in [-0.05, 0) is 12.1 Å². The van der Waals surface area contributed by atoms with Gasteiger partial charge < -0.3 is 19.9 Å². The van der Waals surface area contributed by atoms with Crippen molar-refractivity contribution >= 4 is 11.6 Å². The number of ether oxygens (including phenoxy) is 1. The second-order valence-electron chi connectivity index (χ2n) is 5.00. The van der Waals surface area contributed by atoms with Crippen LogP contribution in [0.4, 0.5) is 5.69 Å². The van der Waals surface area contributed by atoms with Crippen LogP contribution in [0.5, 0.6) is 0 Å². The molecule has 110 valence electrons. The lowest BCUT2D eigenvalue weighted by molar-refractivity contribution is -0.135. The third kappa shape index (κ3) is 3.05. The number of nitrogens with zero attached hydrogens (tertiary/aromatic N) is 3. The monoisotopic (exact) mass is 286 g/mol. The van der Waals surface area contributed by atoms with E-state index in [0.717, 1.165) is 11.4 Å². The summed E-state index contributed by atoms with van der Waals surface area (Å²) in [5.41, 5.74) is 7.40. The van der Waals surface area contributed by atoms with Crippen LogP contribution in [0.2, 0.25) is 0 Å². The van der Waals surface area contributed by atoms with Crippen LogP contribution in [-0.4, -0.2) is 46.7 Å². The summed E-state index contributed by atoms with van der Waals surface area (Å²) in [5, 5.41) is 0. The molecule has 1 saturated heterocycles. The van der Waals surface area contributed by atoms with Gasteiger partial charge in [0.15, 0.2) is 0 Å². The minimum atomic E-state index is 0.0847. The predicted molar refractivity (Wildman–Crippen MR) is 79.5 cm³/mol. The minimum Gasteiger partial charge on any atom is -0.399 e. The van der Waals surface area contributed by atoms with Crippen molar-refractivity contribution in [3.05, 3.63) is 36.7 Å². The number of aromatic nitrogens is 2. The van der Waals surface area contributed by atoms with E-state index in [4.69, 9.17) is 10.5 Å². The van der Waals surface area contributed by atoms with Crippen molar-refractivity contribution in [2.24, 2.45) is 0 Å². The van der Waals surface area contributed by atoms with Gasteiger partial charge in [0, 0.05) is 36.7 Å². The predicted octanol–water partition coefficient (Wildman–Crippen LogP) is 0.991. The van der Waals surface area contributed by atoms with E-state index in [2.05, 4.69) is 4.98 Å². The van der Waals surface area contributed by atoms with Gasteiger partial charge in [-0.2, -0.15) is 0 Å². The summed E-state index contributed by atoms with van der Waals surface area (Å²) < 4.78 is 7.12. The largest absolute Gasteiger partial charge is 0.399 e. The van der Waals surface area contributed by atoms with E-state index in [1.165, 1.54) is 0 Å². The Hall–Kier alpha value is -2.34. The number of hydrogen-bond acceptors (Lipinski definition) is 4. The molecule has 2 N–H and O–H groups in total. The van der Waals surface area contributed by atoms with Crippen molar-refractivity contribution in [3.63, 3.8) is 0 Å². The van der Waals surface area contributed by atoms with Gasteiger partial charge in [0.1, 0.15) is 12.4 Å². The number of nitrogens with two attached hydrogens (primary N) is 1. The van der Waals surface area contributed by atoms with Gasteiger partial charge in [0.05, 0.1) is 13.2 Å². The summed E-state index contributed by atoms with van der Waals surface area (Å²) in [4.78, 5) is 18.5. The number of nitrogen functional groups attached to an aromatic ring is 1. The smallest absolute Gasteiger partial charge is 0.242 e. The van der Waals surface area contributed by atoms with Gasteiger partial charge >= 0.3 is 0 Å². The average Bonchev–Trinajstić information content (AvgIpc) is 2.96. The van der Waals surface area contributed by atoms with E-state index in [1.54, 1.807) is 6.20 Å². The fraction of sp³-hybridized carbons (Fsp3) is 0.333. The van der Waals surface area contributed by atoms with Crippen molar-refractivity contribution in [1.82, 2.24) is 14.5 Å². The Labute approximate surface area is 123 Å². The number of carbonyl (C=O) groups is 1. The summed E-state index contributed by atoms with van der Waals surface area (Å²) in [7, 11) is 0. The number of hydrogen-bond donors (Lipinski definition) is 1. The molecule has 1 amide bonds. The van der Waals surface area contributed by atoms with E-state index >= 15 is 0 Å². The standard InChI is InChI=1S/C15H18N4O2/c16-13-3-1-2-12(10-13)15-17-4-5-19(15)11-14(20)18-6-8-21-9-7-18/h1-5,10H,6-9,11,16H2. The van der Waals surface area contributed by atoms with Crippen LogP contribution in [0.1, 0.15) is 0 Å². The SMILES string of the molecule is Nc1cccc(-c2nccn2CC(=O)N2CCOCC2)c1. The van der Waals surface area contributed by atoms with Crippen LogP contribution in [0, 0.1) is 0 Å². The normalized spacial score (nSPS) is 15.1. The lowest BCUT2D eigenvalue weighted by atomic mass is 10.2. The molecule has 21 heavy (non-hydrogen) atoms. The van der Waals surface area contributed by atoms with Crippen molar-refractivity contribution in [1.29, 1.82) is 0 Å². The summed E-state index contributed by atoms with van der Waals surface area (Å²) in [6, 6.07) is 7.51. The van der Waals surface area contributed by atoms with Crippen LogP contribution in [0.3, 0.4) is 0 Å². The third-order valence-electron chi connectivity index (χ3n) is 3.53. The number of amides is 1. The number of rotatable bonds is 3. The maximum atomic E-state index is 12.3. The van der Waals surface area contributed by atoms with Crippen LogP contribution >= 0.6 is 0 Å². The zero-order valence-electron chi connectivity index (χ0n) is 11.7. The second kappa shape index (κ2) is 5.97. The molecule has 0 radical (unpaired) electrons. The number of morpholine rings is 1. The Kier molecular flexibility index (Phi) is 3.87. The number of carbonyl (C=O) groups excluding carboxylic acids is 1. The molecule has 0 atom stereocenters. The van der Waals surface area contributed by atoms with Gasteiger partial charge in [-0.25, -0.2) is 4.98 Å². The molecule has 1 aromatic heterocycles. The van der Waals surface area contributed by atoms with Crippen LogP contribution in [0.15, 0.2) is 36.7 Å². The third-order valence-corrected chi connectivity index (χ3v) is 3.53. The summed E-state index contributed by atoms with van der Waals surface area (Å²) >= 11 is 0. The molecule has 0 bridgehead atoms. The lowest BCUT2D eigenvalue weighted by Gasteiger charge is -2.27. The summed E-state index contributed by atoms with van der Waals surface area (Å²) in [5.74, 6) is 0.838. The van der Waals surface area contributed by atoms with Crippen molar-refractivity contribution < 1.29 is 9.53 Å². The number of imidazole rings is 1. The number of anilines is 1. The van der Waals surface area contributed by atoms with E-state index in [-0.39, 0.29) is 12.5 Å². The van der Waals surface area contributed by atoms with Crippen LogP contribution < -0.4 is 5.73 Å². The molecule has 6 nitrogen and oxygen atoms in total. The van der Waals surface area contributed by atoms with Crippen molar-refractivity contribution in [2.75, 3.05) is 32.0 Å². The van der Waals surface area contributed by atoms with Crippen molar-refractivity contribution in [3.8, 4) is 11.4 Å². The first-order valence-corrected chi connectivity index (χ1v) is 6.96. The van der Waals surface area contributed by atoms with Gasteiger partial charge in [0.2, 0.25) is 5.91 Å². The molecule has 3 rings (SSSR count). The molecule has 2 aromatic rings. The zero-order chi connectivity index (χ0) is 14.7. The maximum absolute atomic E-state index is 12.3. The van der Waals surface area contributed by atoms with E-state index in [9.17, 15) is 4.79 Å². The minimum absolute atomic E-state index is 0.0847. The molecular weight excluding hydrogens is 268 g/mol. The molecule has 0 saturated carbocycles. The van der Waals surface area contributed by atoms with Crippen LogP contribution in [-0.2, 0) is 16.1 Å². The van der Waals surface area contributed by atoms with E-state index in [0.29, 0.717) is 32.0 Å². The molecule has 0 aliphatic carbocycles. The zero-order valence-corrected chi connectivity index (χ0v) is 11.7. The van der Waals surface area contributed by atoms with Crippen LogP contribution in [0.25, 0.3) is 11.4 Å². The number of benzene rings is 1. The second-order valence-corrected chi connectivity index (χ2v) is 5.00. The summed E-state index contributed by atoms with van der Waals surface area (Å²) in [6.45, 7) is 2.81. The highest BCUT2D eigenvalue weighted by Crippen LogP contribution is 2.20. The average molecular weight is 286 g/mol. The lowest BCUT2D eigenvalue weighted by Crippen LogP contribution is -2.42. The Morgan fingerprint density at radius 1 is 1.33 bits per heavy atom. The Morgan fingerprint density at radius 3 is 2.90 bits per heavy atom. The Morgan fingerprint density at radius 2 is 2.14 bits per heavy atom. The molecule has 0 spiro atoms. The van der Waals surface area contributed by atoms with Gasteiger partial charge in [-0.15, -0.1) is 0 Å². The Bertz CT molecular complexity index is 632.